The van der Waals surface area contributed by atoms with Crippen LogP contribution in [-0.4, -0.2) is 20.7 Å². The highest BCUT2D eigenvalue weighted by Crippen LogP contribution is 2.24. The summed E-state index contributed by atoms with van der Waals surface area (Å²) < 4.78 is 14.5. The Morgan fingerprint density at radius 1 is 1.18 bits per heavy atom. The van der Waals surface area contributed by atoms with E-state index in [9.17, 15) is 9.18 Å². The van der Waals surface area contributed by atoms with Crippen molar-refractivity contribution in [2.24, 2.45) is 5.73 Å². The number of carbonyl (C=O) groups is 1. The molecule has 0 atom stereocenters. The van der Waals surface area contributed by atoms with Gasteiger partial charge in [-0.2, -0.15) is 0 Å². The van der Waals surface area contributed by atoms with Crippen LogP contribution in [0.4, 0.5) is 4.39 Å². The van der Waals surface area contributed by atoms with Crippen LogP contribution in [0.1, 0.15) is 10.6 Å². The Hall–Kier alpha value is -2.73. The highest BCUT2D eigenvalue weighted by atomic mass is 35.5. The Morgan fingerprint density at radius 3 is 2.55 bits per heavy atom. The molecule has 1 aromatic heterocycles. The SMILES string of the molecule is NC(=O)c1nc(-c2cccc(Cl)c2)n(-c2ccc(F)cc2)n1. The maximum Gasteiger partial charge on any atom is 0.288 e. The molecular weight excluding hydrogens is 307 g/mol. The van der Waals surface area contributed by atoms with E-state index in [0.29, 0.717) is 22.1 Å². The molecule has 110 valence electrons. The van der Waals surface area contributed by atoms with Crippen LogP contribution >= 0.6 is 11.6 Å². The number of hydrogen-bond donors (Lipinski definition) is 1. The third-order valence-electron chi connectivity index (χ3n) is 2.98. The van der Waals surface area contributed by atoms with Crippen LogP contribution in [0.25, 0.3) is 17.1 Å². The van der Waals surface area contributed by atoms with Crippen LogP contribution in [0.3, 0.4) is 0 Å². The number of hydrogen-bond acceptors (Lipinski definition) is 3. The van der Waals surface area contributed by atoms with Crippen molar-refractivity contribution < 1.29 is 9.18 Å². The Balaban J connectivity index is 2.20. The second kappa shape index (κ2) is 5.57. The molecule has 0 aliphatic carbocycles. The van der Waals surface area contributed by atoms with Gasteiger partial charge in [0.25, 0.3) is 5.91 Å². The van der Waals surface area contributed by atoms with Crippen LogP contribution in [0.5, 0.6) is 0 Å². The van der Waals surface area contributed by atoms with Gasteiger partial charge in [0.05, 0.1) is 5.69 Å². The van der Waals surface area contributed by atoms with Crippen molar-refractivity contribution in [1.29, 1.82) is 0 Å². The summed E-state index contributed by atoms with van der Waals surface area (Å²) in [6, 6.07) is 12.6. The van der Waals surface area contributed by atoms with Crippen molar-refractivity contribution >= 4 is 17.5 Å². The van der Waals surface area contributed by atoms with Crippen molar-refractivity contribution in [3.63, 3.8) is 0 Å². The molecule has 2 aromatic carbocycles. The molecule has 22 heavy (non-hydrogen) atoms. The average molecular weight is 317 g/mol. The van der Waals surface area contributed by atoms with Crippen LogP contribution in [0, 0.1) is 5.82 Å². The molecule has 0 saturated carbocycles. The van der Waals surface area contributed by atoms with Crippen LogP contribution in [-0.2, 0) is 0 Å². The van der Waals surface area contributed by atoms with Crippen molar-refractivity contribution in [3.8, 4) is 17.1 Å². The lowest BCUT2D eigenvalue weighted by molar-refractivity contribution is 0.0990. The van der Waals surface area contributed by atoms with Crippen LogP contribution in [0.2, 0.25) is 5.02 Å². The fourth-order valence-corrected chi connectivity index (χ4v) is 2.18. The molecule has 2 N–H and O–H groups in total. The zero-order chi connectivity index (χ0) is 15.7. The normalized spacial score (nSPS) is 10.6. The van der Waals surface area contributed by atoms with E-state index in [0.717, 1.165) is 0 Å². The monoisotopic (exact) mass is 316 g/mol. The molecule has 0 aliphatic rings. The largest absolute Gasteiger partial charge is 0.363 e. The van der Waals surface area contributed by atoms with Gasteiger partial charge < -0.3 is 5.73 Å². The van der Waals surface area contributed by atoms with Gasteiger partial charge in [0.1, 0.15) is 5.82 Å². The maximum atomic E-state index is 13.1. The Labute approximate surface area is 130 Å². The number of rotatable bonds is 3. The zero-order valence-corrected chi connectivity index (χ0v) is 12.0. The number of aromatic nitrogens is 3. The fraction of sp³-hybridized carbons (Fsp3) is 0. The number of nitrogens with two attached hydrogens (primary N) is 1. The van der Waals surface area contributed by atoms with Gasteiger partial charge in [0.15, 0.2) is 5.82 Å². The number of carbonyl (C=O) groups excluding carboxylic acids is 1. The predicted molar refractivity (Wildman–Crippen MR) is 80.3 cm³/mol. The third kappa shape index (κ3) is 2.68. The summed E-state index contributed by atoms with van der Waals surface area (Å²) in [6.07, 6.45) is 0. The topological polar surface area (TPSA) is 73.8 Å². The molecule has 1 amide bonds. The van der Waals surface area contributed by atoms with Gasteiger partial charge in [-0.25, -0.2) is 14.1 Å². The Bertz CT molecular complexity index is 845. The van der Waals surface area contributed by atoms with Gasteiger partial charge in [-0.1, -0.05) is 23.7 Å². The molecule has 0 saturated heterocycles. The molecule has 5 nitrogen and oxygen atoms in total. The molecule has 7 heteroatoms. The third-order valence-corrected chi connectivity index (χ3v) is 3.22. The van der Waals surface area contributed by atoms with Crippen LogP contribution < -0.4 is 5.73 Å². The van der Waals surface area contributed by atoms with E-state index < -0.39 is 5.91 Å². The van der Waals surface area contributed by atoms with E-state index >= 15 is 0 Å². The van der Waals surface area contributed by atoms with Crippen molar-refractivity contribution in [2.45, 2.75) is 0 Å². The first kappa shape index (κ1) is 14.2. The summed E-state index contributed by atoms with van der Waals surface area (Å²) in [6.45, 7) is 0. The summed E-state index contributed by atoms with van der Waals surface area (Å²) in [5.74, 6) is -0.852. The summed E-state index contributed by atoms with van der Waals surface area (Å²) in [4.78, 5) is 15.5. The number of primary amides is 1. The van der Waals surface area contributed by atoms with Crippen molar-refractivity contribution in [1.82, 2.24) is 14.8 Å². The quantitative estimate of drug-likeness (QED) is 0.807. The second-order valence-electron chi connectivity index (χ2n) is 4.52. The minimum atomic E-state index is -0.746. The van der Waals surface area contributed by atoms with Crippen LogP contribution in [0.15, 0.2) is 48.5 Å². The maximum absolute atomic E-state index is 13.1. The van der Waals surface area contributed by atoms with Gasteiger partial charge in [0.2, 0.25) is 5.82 Å². The summed E-state index contributed by atoms with van der Waals surface area (Å²) in [5.41, 5.74) is 6.46. The lowest BCUT2D eigenvalue weighted by atomic mass is 10.2. The molecule has 0 unspecified atom stereocenters. The first-order valence-electron chi connectivity index (χ1n) is 6.33. The summed E-state index contributed by atoms with van der Waals surface area (Å²) in [5, 5.41) is 4.60. The molecule has 0 aliphatic heterocycles. The lowest BCUT2D eigenvalue weighted by Gasteiger charge is -2.06. The van der Waals surface area contributed by atoms with Gasteiger partial charge in [-0.3, -0.25) is 4.79 Å². The van der Waals surface area contributed by atoms with E-state index in [1.165, 1.54) is 28.9 Å². The van der Waals surface area contributed by atoms with Gasteiger partial charge in [-0.15, -0.1) is 5.10 Å². The van der Waals surface area contributed by atoms with E-state index in [2.05, 4.69) is 10.1 Å². The molecule has 0 spiro atoms. The lowest BCUT2D eigenvalue weighted by Crippen LogP contribution is -2.13. The average Bonchev–Trinajstić information content (AvgIpc) is 2.93. The summed E-state index contributed by atoms with van der Waals surface area (Å²) >= 11 is 5.98. The van der Waals surface area contributed by atoms with E-state index in [1.54, 1.807) is 24.3 Å². The molecule has 0 bridgehead atoms. The van der Waals surface area contributed by atoms with Crippen molar-refractivity contribution in [3.05, 3.63) is 65.2 Å². The Morgan fingerprint density at radius 2 is 1.91 bits per heavy atom. The number of amides is 1. The highest BCUT2D eigenvalue weighted by Gasteiger charge is 2.17. The Kier molecular flexibility index (Phi) is 3.60. The molecule has 1 heterocycles. The molecular formula is C15H10ClFN4O. The first-order chi connectivity index (χ1) is 10.5. The van der Waals surface area contributed by atoms with Gasteiger partial charge in [0, 0.05) is 10.6 Å². The number of nitrogens with zero attached hydrogens (tertiary/aromatic N) is 3. The molecule has 3 aromatic rings. The molecule has 0 fully saturated rings. The smallest absolute Gasteiger partial charge is 0.288 e. The minimum Gasteiger partial charge on any atom is -0.363 e. The number of halogens is 2. The van der Waals surface area contributed by atoms with E-state index in [4.69, 9.17) is 17.3 Å². The summed E-state index contributed by atoms with van der Waals surface area (Å²) in [7, 11) is 0. The zero-order valence-electron chi connectivity index (χ0n) is 11.2. The predicted octanol–water partition coefficient (Wildman–Crippen LogP) is 2.83. The highest BCUT2D eigenvalue weighted by molar-refractivity contribution is 6.30. The van der Waals surface area contributed by atoms with Gasteiger partial charge >= 0.3 is 0 Å². The molecule has 0 radical (unpaired) electrons. The molecule has 3 rings (SSSR count). The number of benzene rings is 2. The first-order valence-corrected chi connectivity index (χ1v) is 6.71. The van der Waals surface area contributed by atoms with Gasteiger partial charge in [-0.05, 0) is 36.4 Å². The van der Waals surface area contributed by atoms with Crippen molar-refractivity contribution in [2.75, 3.05) is 0 Å². The van der Waals surface area contributed by atoms with E-state index in [-0.39, 0.29) is 11.6 Å². The second-order valence-corrected chi connectivity index (χ2v) is 4.96. The standard InChI is InChI=1S/C15H10ClFN4O/c16-10-3-1-2-9(8-10)15-19-14(13(18)22)20-21(15)12-6-4-11(17)5-7-12/h1-8H,(H2,18,22). The fourth-order valence-electron chi connectivity index (χ4n) is 1.99. The minimum absolute atomic E-state index is 0.126. The van der Waals surface area contributed by atoms with E-state index in [1.807, 2.05) is 0 Å².